The molecule has 6 rings (SSSR count). The largest absolute Gasteiger partial charge is 0.493 e. The molecule has 0 saturated carbocycles. The minimum Gasteiger partial charge on any atom is -0.493 e. The summed E-state index contributed by atoms with van der Waals surface area (Å²) in [4.78, 5) is 17.5. The molecule has 3 heterocycles. The van der Waals surface area contributed by atoms with E-state index in [1.54, 1.807) is 12.5 Å². The van der Waals surface area contributed by atoms with Crippen LogP contribution < -0.4 is 10.1 Å². The number of furan rings is 1. The number of rotatable bonds is 6. The van der Waals surface area contributed by atoms with Crippen molar-refractivity contribution in [3.8, 4) is 17.2 Å². The second-order valence-corrected chi connectivity index (χ2v) is 11.7. The first-order valence-electron chi connectivity index (χ1n) is 11.9. The van der Waals surface area contributed by atoms with Crippen LogP contribution in [0.4, 0.5) is 5.13 Å². The number of sulfonamides is 1. The number of aromatic nitrogens is 1. The predicted octanol–water partition coefficient (Wildman–Crippen LogP) is 5.56. The molecule has 0 aliphatic carbocycles. The fourth-order valence-corrected chi connectivity index (χ4v) is 6.65. The van der Waals surface area contributed by atoms with Crippen molar-refractivity contribution < 1.29 is 22.4 Å². The molecule has 1 aliphatic rings. The van der Waals surface area contributed by atoms with E-state index in [-0.39, 0.29) is 10.8 Å². The van der Waals surface area contributed by atoms with Crippen LogP contribution in [-0.2, 0) is 23.0 Å². The zero-order valence-corrected chi connectivity index (χ0v) is 22.0. The molecule has 192 valence electrons. The van der Waals surface area contributed by atoms with Crippen LogP contribution in [0.25, 0.3) is 22.4 Å². The van der Waals surface area contributed by atoms with Crippen molar-refractivity contribution in [2.75, 3.05) is 19.0 Å². The maximum Gasteiger partial charge on any atom is 0.257 e. The Labute approximate surface area is 223 Å². The Morgan fingerprint density at radius 2 is 1.84 bits per heavy atom. The highest BCUT2D eigenvalue weighted by atomic mass is 32.2. The Kier molecular flexibility index (Phi) is 6.22. The van der Waals surface area contributed by atoms with Gasteiger partial charge in [-0.1, -0.05) is 36.4 Å². The van der Waals surface area contributed by atoms with E-state index in [1.807, 2.05) is 48.5 Å². The summed E-state index contributed by atoms with van der Waals surface area (Å²) in [5, 5.41) is 5.87. The molecule has 0 unspecified atom stereocenters. The van der Waals surface area contributed by atoms with Crippen molar-refractivity contribution in [3.63, 3.8) is 0 Å². The Balaban J connectivity index is 1.15. The van der Waals surface area contributed by atoms with E-state index < -0.39 is 10.0 Å². The van der Waals surface area contributed by atoms with Crippen LogP contribution >= 0.6 is 11.3 Å². The average Bonchev–Trinajstić information content (AvgIpc) is 3.60. The molecule has 0 radical (unpaired) electrons. The zero-order valence-electron chi connectivity index (χ0n) is 20.4. The van der Waals surface area contributed by atoms with E-state index in [2.05, 4.69) is 10.3 Å². The van der Waals surface area contributed by atoms with E-state index in [1.165, 1.54) is 45.5 Å². The third kappa shape index (κ3) is 4.47. The number of anilines is 1. The standard InChI is InChI=1S/C28H23N3O5S2/c1-35-24-8-4-7-20-15-25(36-26(20)24)23-17-37-28(29-23)30-27(32)19-9-11-22(12-10-19)38(33,34)31-14-13-18-5-2-3-6-21(18)16-31/h2-12,15,17H,13-14,16H2,1H3,(H,29,30,32). The van der Waals surface area contributed by atoms with Crippen molar-refractivity contribution in [2.24, 2.45) is 0 Å². The van der Waals surface area contributed by atoms with Gasteiger partial charge in [0, 0.05) is 29.4 Å². The Morgan fingerprint density at radius 3 is 2.63 bits per heavy atom. The van der Waals surface area contributed by atoms with Gasteiger partial charge in [0.25, 0.3) is 5.91 Å². The molecule has 8 nitrogen and oxygen atoms in total. The number of methoxy groups -OCH3 is 1. The molecule has 1 N–H and O–H groups in total. The molecule has 10 heteroatoms. The van der Waals surface area contributed by atoms with Crippen LogP contribution in [0.1, 0.15) is 21.5 Å². The average molecular weight is 546 g/mol. The van der Waals surface area contributed by atoms with Crippen molar-refractivity contribution >= 4 is 43.4 Å². The van der Waals surface area contributed by atoms with Crippen molar-refractivity contribution in [1.82, 2.24) is 9.29 Å². The fraction of sp³-hybridized carbons (Fsp3) is 0.143. The highest BCUT2D eigenvalue weighted by molar-refractivity contribution is 7.89. The lowest BCUT2D eigenvalue weighted by atomic mass is 10.0. The number of hydrogen-bond acceptors (Lipinski definition) is 7. The first kappa shape index (κ1) is 24.4. The highest BCUT2D eigenvalue weighted by Crippen LogP contribution is 2.34. The summed E-state index contributed by atoms with van der Waals surface area (Å²) in [5.74, 6) is 0.817. The van der Waals surface area contributed by atoms with Gasteiger partial charge in [-0.05, 0) is 53.9 Å². The minimum absolute atomic E-state index is 0.158. The summed E-state index contributed by atoms with van der Waals surface area (Å²) in [7, 11) is -2.09. The molecule has 3 aromatic carbocycles. The van der Waals surface area contributed by atoms with Gasteiger partial charge in [-0.15, -0.1) is 11.3 Å². The lowest BCUT2D eigenvalue weighted by Crippen LogP contribution is -2.35. The van der Waals surface area contributed by atoms with Crippen molar-refractivity contribution in [1.29, 1.82) is 0 Å². The highest BCUT2D eigenvalue weighted by Gasteiger charge is 2.28. The van der Waals surface area contributed by atoms with Crippen LogP contribution in [0.15, 0.2) is 87.5 Å². The number of para-hydroxylation sites is 1. The molecule has 5 aromatic rings. The number of amides is 1. The van der Waals surface area contributed by atoms with Crippen molar-refractivity contribution in [3.05, 3.63) is 94.9 Å². The number of carbonyl (C=O) groups is 1. The van der Waals surface area contributed by atoms with Gasteiger partial charge in [0.1, 0.15) is 5.69 Å². The summed E-state index contributed by atoms with van der Waals surface area (Å²) in [6, 6.07) is 21.4. The van der Waals surface area contributed by atoms with E-state index >= 15 is 0 Å². The zero-order chi connectivity index (χ0) is 26.3. The van der Waals surface area contributed by atoms with Gasteiger partial charge < -0.3 is 9.15 Å². The number of ether oxygens (including phenoxy) is 1. The second kappa shape index (κ2) is 9.71. The molecule has 0 saturated heterocycles. The molecule has 0 spiro atoms. The summed E-state index contributed by atoms with van der Waals surface area (Å²) in [5.41, 5.74) is 3.75. The maximum absolute atomic E-state index is 13.2. The fourth-order valence-electron chi connectivity index (χ4n) is 4.54. The van der Waals surface area contributed by atoms with Gasteiger partial charge in [-0.2, -0.15) is 4.31 Å². The Hall–Kier alpha value is -3.99. The number of carbonyl (C=O) groups excluding carboxylic acids is 1. The lowest BCUT2D eigenvalue weighted by Gasteiger charge is -2.28. The maximum atomic E-state index is 13.2. The normalized spacial score (nSPS) is 13.8. The SMILES string of the molecule is COc1cccc2cc(-c3csc(NC(=O)c4ccc(S(=O)(=O)N5CCc6ccccc6C5)cc4)n3)oc12. The van der Waals surface area contributed by atoms with E-state index in [0.717, 1.165) is 10.9 Å². The summed E-state index contributed by atoms with van der Waals surface area (Å²) >= 11 is 1.27. The summed E-state index contributed by atoms with van der Waals surface area (Å²) in [6.45, 7) is 0.761. The first-order chi connectivity index (χ1) is 18.4. The Morgan fingerprint density at radius 1 is 1.05 bits per heavy atom. The molecule has 1 amide bonds. The number of thiazole rings is 1. The minimum atomic E-state index is -3.68. The number of nitrogens with one attached hydrogen (secondary N) is 1. The third-order valence-corrected chi connectivity index (χ3v) is 9.17. The third-order valence-electron chi connectivity index (χ3n) is 6.55. The van der Waals surface area contributed by atoms with Crippen LogP contribution in [0.3, 0.4) is 0 Å². The molecule has 38 heavy (non-hydrogen) atoms. The number of hydrogen-bond donors (Lipinski definition) is 1. The molecular weight excluding hydrogens is 522 g/mol. The molecule has 0 bridgehead atoms. The van der Waals surface area contributed by atoms with Gasteiger partial charge >= 0.3 is 0 Å². The van der Waals surface area contributed by atoms with Crippen LogP contribution in [0.2, 0.25) is 0 Å². The van der Waals surface area contributed by atoms with E-state index in [4.69, 9.17) is 9.15 Å². The predicted molar refractivity (Wildman–Crippen MR) is 146 cm³/mol. The van der Waals surface area contributed by atoms with Gasteiger partial charge in [0.2, 0.25) is 10.0 Å². The van der Waals surface area contributed by atoms with Gasteiger partial charge in [0.15, 0.2) is 22.2 Å². The molecule has 0 atom stereocenters. The Bertz CT molecular complexity index is 1760. The molecule has 1 aliphatic heterocycles. The molecular formula is C28H23N3O5S2. The van der Waals surface area contributed by atoms with E-state index in [9.17, 15) is 13.2 Å². The van der Waals surface area contributed by atoms with Gasteiger partial charge in [-0.25, -0.2) is 13.4 Å². The van der Waals surface area contributed by atoms with Crippen LogP contribution in [0, 0.1) is 0 Å². The van der Waals surface area contributed by atoms with Gasteiger partial charge in [0.05, 0.1) is 12.0 Å². The van der Waals surface area contributed by atoms with E-state index in [0.29, 0.717) is 53.0 Å². The lowest BCUT2D eigenvalue weighted by molar-refractivity contribution is 0.102. The number of benzene rings is 3. The molecule has 2 aromatic heterocycles. The summed E-state index contributed by atoms with van der Waals surface area (Å²) < 4.78 is 39.2. The number of nitrogens with zero attached hydrogens (tertiary/aromatic N) is 2. The monoisotopic (exact) mass is 545 g/mol. The van der Waals surface area contributed by atoms with Crippen molar-refractivity contribution in [2.45, 2.75) is 17.9 Å². The van der Waals surface area contributed by atoms with Crippen LogP contribution in [0.5, 0.6) is 5.75 Å². The molecule has 0 fully saturated rings. The van der Waals surface area contributed by atoms with Gasteiger partial charge in [-0.3, -0.25) is 10.1 Å². The quantitative estimate of drug-likeness (QED) is 0.300. The second-order valence-electron chi connectivity index (χ2n) is 8.86. The topological polar surface area (TPSA) is 102 Å². The smallest absolute Gasteiger partial charge is 0.257 e. The summed E-state index contributed by atoms with van der Waals surface area (Å²) in [6.07, 6.45) is 0.674. The van der Waals surface area contributed by atoms with Crippen LogP contribution in [-0.4, -0.2) is 37.3 Å². The number of fused-ring (bicyclic) bond motifs is 2. The first-order valence-corrected chi connectivity index (χ1v) is 14.2.